The summed E-state index contributed by atoms with van der Waals surface area (Å²) >= 11 is 3.73. The van der Waals surface area contributed by atoms with E-state index >= 15 is 0 Å². The lowest BCUT2D eigenvalue weighted by Crippen LogP contribution is -2.33. The van der Waals surface area contributed by atoms with Gasteiger partial charge in [-0.2, -0.15) is 5.26 Å². The normalized spacial score (nSPS) is 20.5. The molecule has 2 aromatic carbocycles. The minimum atomic E-state index is -3.65. The highest BCUT2D eigenvalue weighted by Gasteiger charge is 2.41. The van der Waals surface area contributed by atoms with Crippen LogP contribution in [0.25, 0.3) is 0 Å². The molecule has 0 radical (unpaired) electrons. The number of hydrogen-bond acceptors (Lipinski definition) is 7. The van der Waals surface area contributed by atoms with Crippen molar-refractivity contribution in [2.75, 3.05) is 29.5 Å². The van der Waals surface area contributed by atoms with Crippen LogP contribution in [-0.4, -0.2) is 39.8 Å². The number of benzene rings is 2. The number of aliphatic imine (C=N–C) groups is 1. The summed E-state index contributed by atoms with van der Waals surface area (Å²) in [4.78, 5) is 20.3. The first-order valence-electron chi connectivity index (χ1n) is 14.4. The Balaban J connectivity index is 1.84. The molecular formula is C32H39BrN4O4S. The number of ketones is 1. The molecule has 0 saturated heterocycles. The largest absolute Gasteiger partial charge is 0.497 e. The Morgan fingerprint density at radius 1 is 1.19 bits per heavy atom. The van der Waals surface area contributed by atoms with Gasteiger partial charge in [-0.05, 0) is 83.4 Å². The Kier molecular flexibility index (Phi) is 10.2. The molecule has 0 saturated carbocycles. The van der Waals surface area contributed by atoms with Gasteiger partial charge in [0.25, 0.3) is 0 Å². The number of rotatable bonds is 11. The van der Waals surface area contributed by atoms with Crippen LogP contribution in [0.3, 0.4) is 0 Å². The average molecular weight is 656 g/mol. The fraction of sp³-hybridized carbons (Fsp3) is 0.469. The molecule has 0 fully saturated rings. The summed E-state index contributed by atoms with van der Waals surface area (Å²) in [5, 5.41) is 10.2. The van der Waals surface area contributed by atoms with E-state index in [4.69, 9.17) is 9.73 Å². The second-order valence-electron chi connectivity index (χ2n) is 11.2. The van der Waals surface area contributed by atoms with Crippen molar-refractivity contribution in [2.24, 2.45) is 16.8 Å². The molecule has 1 aliphatic carbocycles. The molecule has 1 aliphatic heterocycles. The Morgan fingerprint density at radius 2 is 1.95 bits per heavy atom. The Labute approximate surface area is 258 Å². The number of methoxy groups -OCH3 is 1. The van der Waals surface area contributed by atoms with Crippen molar-refractivity contribution < 1.29 is 17.9 Å². The van der Waals surface area contributed by atoms with Crippen LogP contribution in [0.2, 0.25) is 0 Å². The van der Waals surface area contributed by atoms with Gasteiger partial charge in [-0.15, -0.1) is 0 Å². The van der Waals surface area contributed by atoms with Crippen molar-refractivity contribution in [3.8, 4) is 11.8 Å². The van der Waals surface area contributed by atoms with Crippen molar-refractivity contribution in [3.63, 3.8) is 0 Å². The first-order chi connectivity index (χ1) is 20.0. The maximum absolute atomic E-state index is 13.6. The minimum Gasteiger partial charge on any atom is -0.497 e. The summed E-state index contributed by atoms with van der Waals surface area (Å²) in [6.45, 7) is 6.26. The first kappa shape index (κ1) is 31.8. The molecule has 3 atom stereocenters. The number of Topliss-reactive ketones (excluding diaryl/α,β-unsaturated/α-hetero) is 1. The lowest BCUT2D eigenvalue weighted by atomic mass is 9.70. The highest BCUT2D eigenvalue weighted by molar-refractivity contribution is 9.10. The van der Waals surface area contributed by atoms with Crippen molar-refractivity contribution >= 4 is 48.8 Å². The summed E-state index contributed by atoms with van der Waals surface area (Å²) in [5.41, 5.74) is 4.77. The fourth-order valence-electron chi connectivity index (χ4n) is 6.15. The number of ether oxygens (including phenoxy) is 1. The number of halogens is 1. The average Bonchev–Trinajstić information content (AvgIpc) is 2.91. The molecule has 1 heterocycles. The quantitative estimate of drug-likeness (QED) is 0.280. The van der Waals surface area contributed by atoms with E-state index in [1.165, 1.54) is 0 Å². The molecule has 3 unspecified atom stereocenters. The van der Waals surface area contributed by atoms with Crippen LogP contribution in [0.15, 0.2) is 57.1 Å². The van der Waals surface area contributed by atoms with Gasteiger partial charge in [0.15, 0.2) is 5.78 Å². The van der Waals surface area contributed by atoms with Gasteiger partial charge < -0.3 is 9.64 Å². The monoisotopic (exact) mass is 654 g/mol. The van der Waals surface area contributed by atoms with Crippen LogP contribution in [0.5, 0.6) is 5.75 Å². The summed E-state index contributed by atoms with van der Waals surface area (Å²) in [6.07, 6.45) is 3.55. The Morgan fingerprint density at radius 3 is 2.62 bits per heavy atom. The van der Waals surface area contributed by atoms with Gasteiger partial charge in [-0.3, -0.25) is 14.5 Å². The molecule has 0 bridgehead atoms. The highest BCUT2D eigenvalue weighted by Crippen LogP contribution is 2.47. The number of carbonyl (C=O) groups excluding carboxylic acids is 1. The van der Waals surface area contributed by atoms with E-state index in [0.717, 1.165) is 29.9 Å². The van der Waals surface area contributed by atoms with Crippen LogP contribution in [0.1, 0.15) is 69.9 Å². The van der Waals surface area contributed by atoms with Gasteiger partial charge in [-0.1, -0.05) is 32.4 Å². The summed E-state index contributed by atoms with van der Waals surface area (Å²) in [5.74, 6) is -0.203. The molecule has 8 nitrogen and oxygen atoms in total. The van der Waals surface area contributed by atoms with Crippen molar-refractivity contribution in [2.45, 2.75) is 65.3 Å². The molecule has 1 N–H and O–H groups in total. The number of nitriles is 1. The van der Waals surface area contributed by atoms with E-state index in [2.05, 4.69) is 33.6 Å². The standard InChI is InChI=1S/C32H39BrN4O4S/c1-6-9-21-14-27-31(29(38)15-21)30(25(18-34)20(3)35-27)23-16-26(33)32(28(17-23)36-42(39,40)12-7-2)37(4)19-22-10-8-11-24(13-22)41-5/h8,10-11,13,16-17,21,25,30,36H,6-7,9,12,14-15,19H2,1-5H3. The van der Waals surface area contributed by atoms with Gasteiger partial charge in [-0.25, -0.2) is 8.42 Å². The number of nitrogens with zero attached hydrogens (tertiary/aromatic N) is 3. The summed E-state index contributed by atoms with van der Waals surface area (Å²) in [6, 6.07) is 13.8. The third kappa shape index (κ3) is 6.90. The smallest absolute Gasteiger partial charge is 0.232 e. The van der Waals surface area contributed by atoms with Gasteiger partial charge in [0.05, 0.1) is 36.2 Å². The molecule has 224 valence electrons. The number of hydrogen-bond donors (Lipinski definition) is 1. The SMILES string of the molecule is CCCC1CC(=O)C2=C(C1)N=C(C)C(C#N)C2c1cc(Br)c(N(C)Cc2cccc(OC)c2)c(NS(=O)(=O)CCC)c1. The topological polar surface area (TPSA) is 112 Å². The zero-order valence-corrected chi connectivity index (χ0v) is 27.3. The molecule has 10 heteroatoms. The third-order valence-corrected chi connectivity index (χ3v) is 10.0. The predicted molar refractivity (Wildman–Crippen MR) is 172 cm³/mol. The van der Waals surface area contributed by atoms with Crippen LogP contribution in [0.4, 0.5) is 11.4 Å². The molecule has 0 amide bonds. The Hall–Kier alpha value is -3.16. The number of allylic oxidation sites excluding steroid dienone is 2. The predicted octanol–water partition coefficient (Wildman–Crippen LogP) is 6.98. The molecule has 2 aromatic rings. The van der Waals surface area contributed by atoms with Gasteiger partial charge in [0, 0.05) is 47.4 Å². The van der Waals surface area contributed by atoms with Gasteiger partial charge in [0.1, 0.15) is 5.75 Å². The van der Waals surface area contributed by atoms with Crippen LogP contribution < -0.4 is 14.4 Å². The molecule has 0 spiro atoms. The molecule has 42 heavy (non-hydrogen) atoms. The number of nitrogens with one attached hydrogen (secondary N) is 1. The van der Waals surface area contributed by atoms with E-state index < -0.39 is 21.9 Å². The van der Waals surface area contributed by atoms with Crippen molar-refractivity contribution in [3.05, 3.63) is 63.3 Å². The summed E-state index contributed by atoms with van der Waals surface area (Å²) < 4.78 is 35.0. The maximum Gasteiger partial charge on any atom is 0.232 e. The van der Waals surface area contributed by atoms with Crippen molar-refractivity contribution in [1.82, 2.24) is 0 Å². The number of sulfonamides is 1. The molecule has 2 aliphatic rings. The third-order valence-electron chi connectivity index (χ3n) is 7.93. The van der Waals surface area contributed by atoms with Crippen LogP contribution in [0, 0.1) is 23.2 Å². The highest BCUT2D eigenvalue weighted by atomic mass is 79.9. The van der Waals surface area contributed by atoms with Crippen LogP contribution in [-0.2, 0) is 21.4 Å². The number of anilines is 2. The zero-order valence-electron chi connectivity index (χ0n) is 24.9. The molecule has 4 rings (SSSR count). The van der Waals surface area contributed by atoms with E-state index in [1.807, 2.05) is 56.1 Å². The second-order valence-corrected chi connectivity index (χ2v) is 13.9. The lowest BCUT2D eigenvalue weighted by molar-refractivity contribution is -0.117. The lowest BCUT2D eigenvalue weighted by Gasteiger charge is -2.35. The van der Waals surface area contributed by atoms with Gasteiger partial charge >= 0.3 is 0 Å². The minimum absolute atomic E-state index is 0.0275. The first-order valence-corrected chi connectivity index (χ1v) is 16.8. The molecular weight excluding hydrogens is 616 g/mol. The number of carbonyl (C=O) groups is 1. The second kappa shape index (κ2) is 13.4. The summed E-state index contributed by atoms with van der Waals surface area (Å²) in [7, 11) is -0.139. The van der Waals surface area contributed by atoms with Crippen LogP contribution >= 0.6 is 15.9 Å². The zero-order chi connectivity index (χ0) is 30.6. The van der Waals surface area contributed by atoms with Crippen molar-refractivity contribution in [1.29, 1.82) is 5.26 Å². The van der Waals surface area contributed by atoms with E-state index in [0.29, 0.717) is 58.5 Å². The Bertz CT molecular complexity index is 1560. The molecule has 0 aromatic heterocycles. The van der Waals surface area contributed by atoms with E-state index in [9.17, 15) is 18.5 Å². The maximum atomic E-state index is 13.6. The fourth-order valence-corrected chi connectivity index (χ4v) is 8.06. The van der Waals surface area contributed by atoms with E-state index in [-0.39, 0.29) is 17.5 Å². The van der Waals surface area contributed by atoms with E-state index in [1.54, 1.807) is 13.2 Å². The van der Waals surface area contributed by atoms with Gasteiger partial charge in [0.2, 0.25) is 10.0 Å².